The first kappa shape index (κ1) is 12.3. The molecule has 1 aliphatic rings. The molecule has 2 rings (SSSR count). The molecule has 92 valence electrons. The van der Waals surface area contributed by atoms with E-state index in [4.69, 9.17) is 18.0 Å². The summed E-state index contributed by atoms with van der Waals surface area (Å²) in [4.78, 5) is 6.76. The zero-order chi connectivity index (χ0) is 12.5. The molecule has 1 fully saturated rings. The molecule has 0 spiro atoms. The molecule has 1 atom stereocenters. The molecule has 0 aromatic carbocycles. The van der Waals surface area contributed by atoms with Gasteiger partial charge in [-0.05, 0) is 31.9 Å². The molecule has 0 aliphatic carbocycles. The second-order valence-electron chi connectivity index (χ2n) is 4.79. The van der Waals surface area contributed by atoms with Crippen LogP contribution in [-0.4, -0.2) is 33.8 Å². The van der Waals surface area contributed by atoms with Gasteiger partial charge in [0.2, 0.25) is 0 Å². The van der Waals surface area contributed by atoms with Crippen molar-refractivity contribution in [3.63, 3.8) is 0 Å². The summed E-state index contributed by atoms with van der Waals surface area (Å²) in [6.45, 7) is 3.36. The van der Waals surface area contributed by atoms with Gasteiger partial charge in [0.15, 0.2) is 0 Å². The van der Waals surface area contributed by atoms with E-state index in [9.17, 15) is 5.11 Å². The predicted octanol–water partition coefficient (Wildman–Crippen LogP) is 1.07. The molecule has 2 heterocycles. The summed E-state index contributed by atoms with van der Waals surface area (Å²) in [5.74, 6) is 0.829. The third-order valence-corrected chi connectivity index (χ3v) is 3.26. The minimum absolute atomic E-state index is 0.373. The number of piperidine rings is 1. The van der Waals surface area contributed by atoms with Crippen molar-refractivity contribution in [1.82, 2.24) is 4.98 Å². The molecule has 4 nitrogen and oxygen atoms in total. The highest BCUT2D eigenvalue weighted by Crippen LogP contribution is 2.24. The molecule has 0 radical (unpaired) electrons. The summed E-state index contributed by atoms with van der Waals surface area (Å²) < 4.78 is 0. The first-order valence-corrected chi connectivity index (χ1v) is 6.12. The van der Waals surface area contributed by atoms with Crippen LogP contribution in [0.4, 0.5) is 5.82 Å². The highest BCUT2D eigenvalue weighted by atomic mass is 32.1. The minimum Gasteiger partial charge on any atom is -0.389 e. The number of nitrogens with zero attached hydrogens (tertiary/aromatic N) is 2. The summed E-state index contributed by atoms with van der Waals surface area (Å²) >= 11 is 4.95. The molecule has 0 amide bonds. The largest absolute Gasteiger partial charge is 0.389 e. The van der Waals surface area contributed by atoms with Gasteiger partial charge in [0.05, 0.1) is 5.60 Å². The van der Waals surface area contributed by atoms with Crippen LogP contribution in [0.5, 0.6) is 0 Å². The number of anilines is 1. The Kier molecular flexibility index (Phi) is 3.31. The van der Waals surface area contributed by atoms with Crippen LogP contribution in [0.2, 0.25) is 0 Å². The molecular weight excluding hydrogens is 234 g/mol. The topological polar surface area (TPSA) is 62.4 Å². The van der Waals surface area contributed by atoms with Crippen LogP contribution < -0.4 is 10.6 Å². The number of thiocarbonyl (C=S) groups is 1. The lowest BCUT2D eigenvalue weighted by molar-refractivity contribution is 0.0447. The number of aliphatic hydroxyl groups is 1. The third kappa shape index (κ3) is 2.92. The van der Waals surface area contributed by atoms with Crippen molar-refractivity contribution >= 4 is 23.0 Å². The summed E-state index contributed by atoms with van der Waals surface area (Å²) in [5.41, 5.74) is 5.78. The number of pyridine rings is 1. The average molecular weight is 251 g/mol. The standard InChI is InChI=1S/C12H17N3OS/c1-12(16)4-2-6-15(8-12)10-7-9(11(13)17)3-5-14-10/h3,5,7,16H,2,4,6,8H2,1H3,(H2,13,17). The normalized spacial score (nSPS) is 24.7. The van der Waals surface area contributed by atoms with E-state index in [1.807, 2.05) is 13.0 Å². The van der Waals surface area contributed by atoms with Gasteiger partial charge in [0.1, 0.15) is 10.8 Å². The quantitative estimate of drug-likeness (QED) is 0.770. The molecular formula is C12H17N3OS. The van der Waals surface area contributed by atoms with Gasteiger partial charge in [0, 0.05) is 24.8 Å². The minimum atomic E-state index is -0.640. The monoisotopic (exact) mass is 251 g/mol. The predicted molar refractivity (Wildman–Crippen MR) is 72.2 cm³/mol. The molecule has 1 aromatic rings. The van der Waals surface area contributed by atoms with Crippen molar-refractivity contribution in [2.24, 2.45) is 5.73 Å². The van der Waals surface area contributed by atoms with Crippen LogP contribution in [0.15, 0.2) is 18.3 Å². The third-order valence-electron chi connectivity index (χ3n) is 3.03. The van der Waals surface area contributed by atoms with E-state index < -0.39 is 5.60 Å². The van der Waals surface area contributed by atoms with Gasteiger partial charge in [-0.15, -0.1) is 0 Å². The Morgan fingerprint density at radius 3 is 3.06 bits per heavy atom. The smallest absolute Gasteiger partial charge is 0.129 e. The number of rotatable bonds is 2. The molecule has 1 saturated heterocycles. The van der Waals surface area contributed by atoms with E-state index in [1.54, 1.807) is 12.3 Å². The van der Waals surface area contributed by atoms with Gasteiger partial charge in [-0.2, -0.15) is 0 Å². The molecule has 0 saturated carbocycles. The van der Waals surface area contributed by atoms with Crippen LogP contribution in [-0.2, 0) is 0 Å². The number of hydrogen-bond acceptors (Lipinski definition) is 4. The van der Waals surface area contributed by atoms with E-state index in [1.165, 1.54) is 0 Å². The van der Waals surface area contributed by atoms with Gasteiger partial charge in [0.25, 0.3) is 0 Å². The Bertz CT molecular complexity index is 434. The Morgan fingerprint density at radius 1 is 1.65 bits per heavy atom. The lowest BCUT2D eigenvalue weighted by Crippen LogP contribution is -2.46. The SMILES string of the molecule is CC1(O)CCCN(c2cc(C(N)=S)ccn2)C1. The van der Waals surface area contributed by atoms with Gasteiger partial charge in [-0.3, -0.25) is 0 Å². The number of hydrogen-bond donors (Lipinski definition) is 2. The molecule has 17 heavy (non-hydrogen) atoms. The van der Waals surface area contributed by atoms with Gasteiger partial charge in [-0.25, -0.2) is 4.98 Å². The van der Waals surface area contributed by atoms with Crippen LogP contribution in [0, 0.1) is 0 Å². The number of nitrogens with two attached hydrogens (primary N) is 1. The van der Waals surface area contributed by atoms with Crippen molar-refractivity contribution in [3.05, 3.63) is 23.9 Å². The Balaban J connectivity index is 2.22. The maximum Gasteiger partial charge on any atom is 0.129 e. The van der Waals surface area contributed by atoms with Crippen LogP contribution in [0.1, 0.15) is 25.3 Å². The fraction of sp³-hybridized carbons (Fsp3) is 0.500. The highest BCUT2D eigenvalue weighted by molar-refractivity contribution is 7.80. The van der Waals surface area contributed by atoms with Crippen molar-refractivity contribution in [1.29, 1.82) is 0 Å². The molecule has 1 aromatic heterocycles. The highest BCUT2D eigenvalue weighted by Gasteiger charge is 2.29. The lowest BCUT2D eigenvalue weighted by Gasteiger charge is -2.37. The van der Waals surface area contributed by atoms with Gasteiger partial charge >= 0.3 is 0 Å². The average Bonchev–Trinajstić information content (AvgIpc) is 2.28. The van der Waals surface area contributed by atoms with E-state index in [0.29, 0.717) is 11.5 Å². The Hall–Kier alpha value is -1.20. The second-order valence-corrected chi connectivity index (χ2v) is 5.23. The first-order valence-electron chi connectivity index (χ1n) is 5.71. The van der Waals surface area contributed by atoms with Gasteiger partial charge in [-0.1, -0.05) is 12.2 Å². The fourth-order valence-corrected chi connectivity index (χ4v) is 2.29. The summed E-state index contributed by atoms with van der Waals surface area (Å²) in [5, 5.41) is 10.1. The van der Waals surface area contributed by atoms with E-state index in [-0.39, 0.29) is 0 Å². The maximum atomic E-state index is 10.1. The number of β-amino-alcohol motifs (C(OH)–C–C–N with tert-alkyl or cyclic N) is 1. The summed E-state index contributed by atoms with van der Waals surface area (Å²) in [6, 6.07) is 3.68. The zero-order valence-electron chi connectivity index (χ0n) is 9.89. The van der Waals surface area contributed by atoms with Crippen LogP contribution >= 0.6 is 12.2 Å². The molecule has 1 unspecified atom stereocenters. The van der Waals surface area contributed by atoms with E-state index >= 15 is 0 Å². The second kappa shape index (κ2) is 4.58. The van der Waals surface area contributed by atoms with Crippen molar-refractivity contribution in [3.8, 4) is 0 Å². The summed E-state index contributed by atoms with van der Waals surface area (Å²) in [7, 11) is 0. The maximum absolute atomic E-state index is 10.1. The van der Waals surface area contributed by atoms with Crippen molar-refractivity contribution in [2.45, 2.75) is 25.4 Å². The summed E-state index contributed by atoms with van der Waals surface area (Å²) in [6.07, 6.45) is 3.50. The lowest BCUT2D eigenvalue weighted by atomic mass is 9.95. The Morgan fingerprint density at radius 2 is 2.41 bits per heavy atom. The molecule has 5 heteroatoms. The zero-order valence-corrected chi connectivity index (χ0v) is 10.7. The number of aromatic nitrogens is 1. The van der Waals surface area contributed by atoms with Gasteiger partial charge < -0.3 is 15.7 Å². The van der Waals surface area contributed by atoms with Crippen molar-refractivity contribution < 1.29 is 5.11 Å². The van der Waals surface area contributed by atoms with E-state index in [0.717, 1.165) is 30.8 Å². The Labute approximate surface area is 106 Å². The molecule has 0 bridgehead atoms. The van der Waals surface area contributed by atoms with E-state index in [2.05, 4.69) is 9.88 Å². The molecule has 1 aliphatic heterocycles. The molecule has 3 N–H and O–H groups in total. The first-order chi connectivity index (χ1) is 7.98. The van der Waals surface area contributed by atoms with Crippen LogP contribution in [0.25, 0.3) is 0 Å². The van der Waals surface area contributed by atoms with Crippen LogP contribution in [0.3, 0.4) is 0 Å². The van der Waals surface area contributed by atoms with Crippen molar-refractivity contribution in [2.75, 3.05) is 18.0 Å². The fourth-order valence-electron chi connectivity index (χ4n) is 2.16.